The Labute approximate surface area is 167 Å². The summed E-state index contributed by atoms with van der Waals surface area (Å²) in [6.07, 6.45) is 0. The maximum absolute atomic E-state index is 12.6. The number of methoxy groups -OCH3 is 1. The fraction of sp³-hybridized carbons (Fsp3) is 0.421. The van der Waals surface area contributed by atoms with Crippen molar-refractivity contribution in [1.29, 1.82) is 0 Å². The number of hydrogen-bond acceptors (Lipinski definition) is 7. The van der Waals surface area contributed by atoms with Crippen LogP contribution in [0.3, 0.4) is 0 Å². The van der Waals surface area contributed by atoms with Crippen LogP contribution in [0.5, 0.6) is 11.5 Å². The maximum Gasteiger partial charge on any atom is 0.252 e. The molecule has 28 heavy (non-hydrogen) atoms. The molecule has 1 aromatic heterocycles. The number of amides is 2. The number of benzene rings is 1. The van der Waals surface area contributed by atoms with Gasteiger partial charge in [-0.3, -0.25) is 9.59 Å². The number of nitrogens with zero attached hydrogens (tertiary/aromatic N) is 2. The van der Waals surface area contributed by atoms with E-state index < -0.39 is 6.04 Å². The predicted octanol–water partition coefficient (Wildman–Crippen LogP) is 1.71. The third-order valence-corrected chi connectivity index (χ3v) is 4.96. The van der Waals surface area contributed by atoms with Crippen molar-refractivity contribution in [3.05, 3.63) is 40.3 Å². The van der Waals surface area contributed by atoms with E-state index in [1.807, 2.05) is 5.38 Å². The molecule has 1 saturated heterocycles. The second-order valence-corrected chi connectivity index (χ2v) is 6.99. The van der Waals surface area contributed by atoms with E-state index in [1.165, 1.54) is 18.4 Å². The first-order valence-corrected chi connectivity index (χ1v) is 9.88. The van der Waals surface area contributed by atoms with E-state index in [2.05, 4.69) is 10.3 Å². The van der Waals surface area contributed by atoms with Gasteiger partial charge in [-0.1, -0.05) is 0 Å². The third-order valence-electron chi connectivity index (χ3n) is 4.33. The Balaban J connectivity index is 1.61. The fourth-order valence-electron chi connectivity index (χ4n) is 2.79. The minimum Gasteiger partial charge on any atom is -0.493 e. The van der Waals surface area contributed by atoms with Crippen LogP contribution in [0.1, 0.15) is 23.0 Å². The molecule has 9 heteroatoms. The molecule has 1 aromatic carbocycles. The number of carbonyl (C=O) groups excluding carboxylic acids is 2. The van der Waals surface area contributed by atoms with E-state index in [1.54, 1.807) is 35.5 Å². The molecule has 150 valence electrons. The zero-order valence-corrected chi connectivity index (χ0v) is 16.7. The van der Waals surface area contributed by atoms with E-state index in [9.17, 15) is 9.59 Å². The van der Waals surface area contributed by atoms with Gasteiger partial charge in [0.05, 0.1) is 31.5 Å². The molecule has 0 spiro atoms. The fourth-order valence-corrected chi connectivity index (χ4v) is 3.33. The lowest BCUT2D eigenvalue weighted by molar-refractivity contribution is -0.136. The standard InChI is InChI=1S/C19H23N3O5S/c1-13(19(24)22-5-7-26-8-6-22)21-18(23)14-3-4-16(17(9-14)25-2)27-10-15-11-28-12-20-15/h3-4,9,11-13H,5-8,10H2,1-2H3,(H,21,23). The van der Waals surface area contributed by atoms with Crippen molar-refractivity contribution in [2.45, 2.75) is 19.6 Å². The van der Waals surface area contributed by atoms with Crippen LogP contribution in [-0.4, -0.2) is 61.2 Å². The average molecular weight is 405 g/mol. The van der Waals surface area contributed by atoms with Crippen molar-refractivity contribution in [2.24, 2.45) is 0 Å². The topological polar surface area (TPSA) is 90.0 Å². The molecule has 0 saturated carbocycles. The highest BCUT2D eigenvalue weighted by Gasteiger charge is 2.24. The quantitative estimate of drug-likeness (QED) is 0.754. The van der Waals surface area contributed by atoms with Gasteiger partial charge in [-0.15, -0.1) is 11.3 Å². The molecule has 1 atom stereocenters. The Bertz CT molecular complexity index is 806. The van der Waals surface area contributed by atoms with Crippen molar-refractivity contribution >= 4 is 23.2 Å². The molecule has 2 heterocycles. The molecule has 8 nitrogen and oxygen atoms in total. The molecule has 2 aromatic rings. The Hall–Kier alpha value is -2.65. The normalized spacial score (nSPS) is 15.0. The molecule has 1 unspecified atom stereocenters. The van der Waals surface area contributed by atoms with Crippen LogP contribution in [0.4, 0.5) is 0 Å². The molecule has 0 aliphatic carbocycles. The number of aromatic nitrogens is 1. The molecular weight excluding hydrogens is 382 g/mol. The number of rotatable bonds is 7. The first-order chi connectivity index (χ1) is 13.6. The zero-order chi connectivity index (χ0) is 19.9. The highest BCUT2D eigenvalue weighted by molar-refractivity contribution is 7.07. The molecule has 1 aliphatic rings. The third kappa shape index (κ3) is 4.99. The first kappa shape index (κ1) is 20.1. The number of ether oxygens (including phenoxy) is 3. The number of morpholine rings is 1. The van der Waals surface area contributed by atoms with Crippen molar-refractivity contribution < 1.29 is 23.8 Å². The van der Waals surface area contributed by atoms with Crippen LogP contribution >= 0.6 is 11.3 Å². The summed E-state index contributed by atoms with van der Waals surface area (Å²) < 4.78 is 16.3. The van der Waals surface area contributed by atoms with E-state index in [-0.39, 0.29) is 11.8 Å². The summed E-state index contributed by atoms with van der Waals surface area (Å²) in [5.74, 6) is 0.491. The van der Waals surface area contributed by atoms with Gasteiger partial charge in [0.1, 0.15) is 12.6 Å². The van der Waals surface area contributed by atoms with E-state index in [0.717, 1.165) is 5.69 Å². The Morgan fingerprint density at radius 2 is 2.11 bits per heavy atom. The van der Waals surface area contributed by atoms with Gasteiger partial charge in [-0.05, 0) is 25.1 Å². The van der Waals surface area contributed by atoms with Crippen LogP contribution < -0.4 is 14.8 Å². The second kappa shape index (κ2) is 9.52. The molecule has 1 aliphatic heterocycles. The van der Waals surface area contributed by atoms with Gasteiger partial charge in [-0.25, -0.2) is 4.98 Å². The summed E-state index contributed by atoms with van der Waals surface area (Å²) in [5, 5.41) is 4.65. The number of carbonyl (C=O) groups is 2. The smallest absolute Gasteiger partial charge is 0.252 e. The zero-order valence-electron chi connectivity index (χ0n) is 15.8. The van der Waals surface area contributed by atoms with Crippen LogP contribution in [0.2, 0.25) is 0 Å². The predicted molar refractivity (Wildman–Crippen MR) is 104 cm³/mol. The molecule has 3 rings (SSSR count). The van der Waals surface area contributed by atoms with Crippen molar-refractivity contribution in [3.63, 3.8) is 0 Å². The van der Waals surface area contributed by atoms with Gasteiger partial charge < -0.3 is 24.4 Å². The van der Waals surface area contributed by atoms with Gasteiger partial charge in [0, 0.05) is 24.0 Å². The highest BCUT2D eigenvalue weighted by Crippen LogP contribution is 2.29. The van der Waals surface area contributed by atoms with Crippen LogP contribution in [0, 0.1) is 0 Å². The average Bonchev–Trinajstić information content (AvgIpc) is 3.25. The summed E-state index contributed by atoms with van der Waals surface area (Å²) in [7, 11) is 1.51. The van der Waals surface area contributed by atoms with Crippen LogP contribution in [-0.2, 0) is 16.1 Å². The SMILES string of the molecule is COc1cc(C(=O)NC(C)C(=O)N2CCOCC2)ccc1OCc1cscn1. The number of hydrogen-bond donors (Lipinski definition) is 1. The minimum atomic E-state index is -0.628. The first-order valence-electron chi connectivity index (χ1n) is 8.94. The largest absolute Gasteiger partial charge is 0.493 e. The van der Waals surface area contributed by atoms with Gasteiger partial charge in [0.15, 0.2) is 11.5 Å². The van der Waals surface area contributed by atoms with Crippen LogP contribution in [0.25, 0.3) is 0 Å². The molecule has 1 fully saturated rings. The van der Waals surface area contributed by atoms with Gasteiger partial charge in [0.25, 0.3) is 5.91 Å². The lowest BCUT2D eigenvalue weighted by atomic mass is 10.1. The Kier molecular flexibility index (Phi) is 6.83. The summed E-state index contributed by atoms with van der Waals surface area (Å²) in [4.78, 5) is 30.9. The van der Waals surface area contributed by atoms with E-state index in [0.29, 0.717) is 50.0 Å². The summed E-state index contributed by atoms with van der Waals surface area (Å²) in [5.41, 5.74) is 2.95. The Morgan fingerprint density at radius 1 is 1.32 bits per heavy atom. The molecular formula is C19H23N3O5S. The minimum absolute atomic E-state index is 0.119. The summed E-state index contributed by atoms with van der Waals surface area (Å²) >= 11 is 1.50. The molecule has 1 N–H and O–H groups in total. The monoisotopic (exact) mass is 405 g/mol. The van der Waals surface area contributed by atoms with E-state index in [4.69, 9.17) is 14.2 Å². The molecule has 0 radical (unpaired) electrons. The lowest BCUT2D eigenvalue weighted by Crippen LogP contribution is -2.50. The van der Waals surface area contributed by atoms with Gasteiger partial charge >= 0.3 is 0 Å². The lowest BCUT2D eigenvalue weighted by Gasteiger charge is -2.29. The van der Waals surface area contributed by atoms with Gasteiger partial charge in [0.2, 0.25) is 5.91 Å². The molecule has 0 bridgehead atoms. The highest BCUT2D eigenvalue weighted by atomic mass is 32.1. The maximum atomic E-state index is 12.6. The van der Waals surface area contributed by atoms with Crippen LogP contribution in [0.15, 0.2) is 29.1 Å². The number of nitrogens with one attached hydrogen (secondary N) is 1. The molecule has 2 amide bonds. The van der Waals surface area contributed by atoms with Crippen molar-refractivity contribution in [2.75, 3.05) is 33.4 Å². The van der Waals surface area contributed by atoms with E-state index >= 15 is 0 Å². The Morgan fingerprint density at radius 3 is 2.79 bits per heavy atom. The summed E-state index contributed by atoms with van der Waals surface area (Å²) in [6, 6.07) is 4.28. The van der Waals surface area contributed by atoms with Crippen molar-refractivity contribution in [1.82, 2.24) is 15.2 Å². The van der Waals surface area contributed by atoms with Crippen molar-refractivity contribution in [3.8, 4) is 11.5 Å². The summed E-state index contributed by atoms with van der Waals surface area (Å²) in [6.45, 7) is 4.11. The second-order valence-electron chi connectivity index (χ2n) is 6.27. The van der Waals surface area contributed by atoms with Gasteiger partial charge in [-0.2, -0.15) is 0 Å². The number of thiazole rings is 1.